The molecule has 6 heteroatoms. The number of nitrogens with one attached hydrogen (secondary N) is 2. The van der Waals surface area contributed by atoms with E-state index in [1.54, 1.807) is 30.5 Å². The molecule has 2 N–H and O–H groups in total. The van der Waals surface area contributed by atoms with Gasteiger partial charge in [0.05, 0.1) is 11.7 Å². The molecule has 1 aliphatic heterocycles. The van der Waals surface area contributed by atoms with Crippen LogP contribution in [-0.2, 0) is 4.79 Å². The van der Waals surface area contributed by atoms with Crippen molar-refractivity contribution < 1.29 is 9.53 Å². The predicted octanol–water partition coefficient (Wildman–Crippen LogP) is 3.42. The number of piperidine rings is 1. The van der Waals surface area contributed by atoms with Crippen LogP contribution >= 0.6 is 11.6 Å². The average molecular weight is 374 g/mol. The molecule has 2 heterocycles. The van der Waals surface area contributed by atoms with Gasteiger partial charge in [-0.3, -0.25) is 9.78 Å². The Kier molecular flexibility index (Phi) is 5.79. The third-order valence-corrected chi connectivity index (χ3v) is 5.01. The first-order valence-corrected chi connectivity index (χ1v) is 9.26. The molecule has 1 atom stereocenters. The van der Waals surface area contributed by atoms with Crippen LogP contribution in [0.2, 0.25) is 5.02 Å². The second-order valence-corrected chi connectivity index (χ2v) is 7.14. The highest BCUT2D eigenvalue weighted by atomic mass is 35.5. The van der Waals surface area contributed by atoms with Gasteiger partial charge in [0.1, 0.15) is 5.75 Å². The molecule has 0 radical (unpaired) electrons. The first kappa shape index (κ1) is 18.7. The lowest BCUT2D eigenvalue weighted by molar-refractivity contribution is -0.140. The molecule has 1 fully saturated rings. The highest BCUT2D eigenvalue weighted by Gasteiger charge is 2.42. The van der Waals surface area contributed by atoms with Gasteiger partial charge in [-0.1, -0.05) is 17.7 Å². The number of ether oxygens (including phenoxy) is 1. The Morgan fingerprint density at radius 3 is 2.62 bits per heavy atom. The van der Waals surface area contributed by atoms with E-state index in [0.29, 0.717) is 23.6 Å². The molecule has 5 nitrogen and oxygen atoms in total. The van der Waals surface area contributed by atoms with Crippen LogP contribution < -0.4 is 15.4 Å². The summed E-state index contributed by atoms with van der Waals surface area (Å²) in [7, 11) is 0. The third kappa shape index (κ3) is 4.17. The topological polar surface area (TPSA) is 63.2 Å². The average Bonchev–Trinajstić information content (AvgIpc) is 2.64. The van der Waals surface area contributed by atoms with Crippen molar-refractivity contribution in [3.8, 4) is 5.75 Å². The van der Waals surface area contributed by atoms with Gasteiger partial charge in [-0.05, 0) is 62.8 Å². The third-order valence-electron chi connectivity index (χ3n) is 4.76. The van der Waals surface area contributed by atoms with Crippen LogP contribution in [0.15, 0.2) is 42.6 Å². The van der Waals surface area contributed by atoms with Crippen molar-refractivity contribution in [1.29, 1.82) is 0 Å². The van der Waals surface area contributed by atoms with Gasteiger partial charge in [-0.2, -0.15) is 0 Å². The Morgan fingerprint density at radius 2 is 1.96 bits per heavy atom. The van der Waals surface area contributed by atoms with E-state index in [0.717, 1.165) is 24.3 Å². The Labute approximate surface area is 159 Å². The van der Waals surface area contributed by atoms with Crippen LogP contribution in [0, 0.1) is 6.92 Å². The van der Waals surface area contributed by atoms with Gasteiger partial charge in [0.25, 0.3) is 5.91 Å². The second kappa shape index (κ2) is 8.06. The summed E-state index contributed by atoms with van der Waals surface area (Å²) < 4.78 is 6.20. The van der Waals surface area contributed by atoms with E-state index in [9.17, 15) is 4.79 Å². The number of hydrogen-bond donors (Lipinski definition) is 2. The number of pyridine rings is 1. The van der Waals surface area contributed by atoms with Crippen LogP contribution in [-0.4, -0.2) is 29.6 Å². The molecule has 0 saturated carbocycles. The summed E-state index contributed by atoms with van der Waals surface area (Å²) in [5, 5.41) is 7.03. The van der Waals surface area contributed by atoms with Crippen molar-refractivity contribution in [2.75, 3.05) is 13.1 Å². The molecule has 1 aromatic heterocycles. The lowest BCUT2D eigenvalue weighted by Gasteiger charge is -2.37. The van der Waals surface area contributed by atoms with Crippen molar-refractivity contribution >= 4 is 17.5 Å². The van der Waals surface area contributed by atoms with E-state index in [1.165, 1.54) is 0 Å². The molecule has 26 heavy (non-hydrogen) atoms. The van der Waals surface area contributed by atoms with Gasteiger partial charge in [0.2, 0.25) is 0 Å². The molecule has 138 valence electrons. The number of aryl methyl sites for hydroxylation is 1. The quantitative estimate of drug-likeness (QED) is 0.842. The van der Waals surface area contributed by atoms with E-state index >= 15 is 0 Å². The molecular weight excluding hydrogens is 350 g/mol. The molecular formula is C20H24ClN3O2. The number of aromatic nitrogens is 1. The van der Waals surface area contributed by atoms with Gasteiger partial charge in [-0.15, -0.1) is 0 Å². The highest BCUT2D eigenvalue weighted by molar-refractivity contribution is 6.30. The van der Waals surface area contributed by atoms with E-state index < -0.39 is 5.60 Å². The second-order valence-electron chi connectivity index (χ2n) is 6.70. The first-order valence-electron chi connectivity index (χ1n) is 8.88. The maximum Gasteiger partial charge on any atom is 0.264 e. The number of carbonyl (C=O) groups excluding carboxylic acids is 1. The maximum atomic E-state index is 13.2. The SMILES string of the molecule is Cc1cccnc1[C@@H](C)NC(=O)C1(Oc2ccc(Cl)cc2)CCNCC1. The Morgan fingerprint density at radius 1 is 1.27 bits per heavy atom. The molecule has 0 spiro atoms. The van der Waals surface area contributed by atoms with Gasteiger partial charge in [0.15, 0.2) is 5.60 Å². The molecule has 0 unspecified atom stereocenters. The fourth-order valence-electron chi connectivity index (χ4n) is 3.28. The summed E-state index contributed by atoms with van der Waals surface area (Å²) in [6.07, 6.45) is 2.96. The summed E-state index contributed by atoms with van der Waals surface area (Å²) in [5.41, 5.74) is 1.03. The number of hydrogen-bond acceptors (Lipinski definition) is 4. The Bertz CT molecular complexity index is 758. The molecule has 2 aromatic rings. The highest BCUT2D eigenvalue weighted by Crippen LogP contribution is 2.29. The van der Waals surface area contributed by atoms with E-state index in [1.807, 2.05) is 26.0 Å². The number of amides is 1. The van der Waals surface area contributed by atoms with Crippen LogP contribution in [0.4, 0.5) is 0 Å². The normalized spacial score (nSPS) is 17.3. The minimum atomic E-state index is -0.893. The standard InChI is InChI=1S/C20H24ClN3O2/c1-14-4-3-11-23-18(14)15(2)24-19(25)20(9-12-22-13-10-20)26-17-7-5-16(21)6-8-17/h3-8,11,15,22H,9-10,12-13H2,1-2H3,(H,24,25)/t15-/m1/s1. The lowest BCUT2D eigenvalue weighted by atomic mass is 9.90. The molecule has 0 bridgehead atoms. The maximum absolute atomic E-state index is 13.2. The Hall–Kier alpha value is -2.11. The summed E-state index contributed by atoms with van der Waals surface area (Å²) >= 11 is 5.95. The molecule has 0 aliphatic carbocycles. The number of halogens is 1. The number of benzene rings is 1. The van der Waals surface area contributed by atoms with Crippen molar-refractivity contribution in [2.24, 2.45) is 0 Å². The lowest BCUT2D eigenvalue weighted by Crippen LogP contribution is -2.57. The number of rotatable bonds is 5. The Balaban J connectivity index is 1.79. The van der Waals surface area contributed by atoms with Crippen molar-refractivity contribution in [1.82, 2.24) is 15.6 Å². The monoisotopic (exact) mass is 373 g/mol. The first-order chi connectivity index (χ1) is 12.5. The van der Waals surface area contributed by atoms with Crippen molar-refractivity contribution in [3.05, 3.63) is 58.9 Å². The molecule has 1 saturated heterocycles. The minimum absolute atomic E-state index is 0.105. The predicted molar refractivity (Wildman–Crippen MR) is 102 cm³/mol. The molecule has 1 aliphatic rings. The molecule has 1 aromatic carbocycles. The van der Waals surface area contributed by atoms with E-state index in [4.69, 9.17) is 16.3 Å². The largest absolute Gasteiger partial charge is 0.477 e. The summed E-state index contributed by atoms with van der Waals surface area (Å²) in [4.78, 5) is 17.6. The fraction of sp³-hybridized carbons (Fsp3) is 0.400. The summed E-state index contributed by atoms with van der Waals surface area (Å²) in [6.45, 7) is 5.41. The van der Waals surface area contributed by atoms with Crippen LogP contribution in [0.5, 0.6) is 5.75 Å². The van der Waals surface area contributed by atoms with Gasteiger partial charge in [0, 0.05) is 24.1 Å². The van der Waals surface area contributed by atoms with Gasteiger partial charge < -0.3 is 15.4 Å². The van der Waals surface area contributed by atoms with Crippen molar-refractivity contribution in [2.45, 2.75) is 38.3 Å². The van der Waals surface area contributed by atoms with Crippen LogP contribution in [0.1, 0.15) is 37.1 Å². The number of nitrogens with zero attached hydrogens (tertiary/aromatic N) is 1. The van der Waals surface area contributed by atoms with Crippen LogP contribution in [0.25, 0.3) is 0 Å². The van der Waals surface area contributed by atoms with Crippen molar-refractivity contribution in [3.63, 3.8) is 0 Å². The smallest absolute Gasteiger partial charge is 0.264 e. The zero-order chi connectivity index (χ0) is 18.6. The molecule has 1 amide bonds. The summed E-state index contributed by atoms with van der Waals surface area (Å²) in [6, 6.07) is 10.8. The van der Waals surface area contributed by atoms with E-state index in [-0.39, 0.29) is 11.9 Å². The van der Waals surface area contributed by atoms with Gasteiger partial charge >= 0.3 is 0 Å². The van der Waals surface area contributed by atoms with E-state index in [2.05, 4.69) is 15.6 Å². The summed E-state index contributed by atoms with van der Waals surface area (Å²) in [5.74, 6) is 0.541. The number of carbonyl (C=O) groups is 1. The van der Waals surface area contributed by atoms with Crippen LogP contribution in [0.3, 0.4) is 0 Å². The zero-order valence-corrected chi connectivity index (χ0v) is 15.8. The zero-order valence-electron chi connectivity index (χ0n) is 15.1. The molecule has 3 rings (SSSR count). The fourth-order valence-corrected chi connectivity index (χ4v) is 3.41. The minimum Gasteiger partial charge on any atom is -0.477 e. The van der Waals surface area contributed by atoms with Gasteiger partial charge in [-0.25, -0.2) is 0 Å².